The summed E-state index contributed by atoms with van der Waals surface area (Å²) in [6.45, 7) is 3.10. The van der Waals surface area contributed by atoms with Gasteiger partial charge in [0.2, 0.25) is 0 Å². The molecule has 0 aliphatic carbocycles. The molecule has 0 saturated heterocycles. The molecular formula is C17H16F2N4O4. The predicted octanol–water partition coefficient (Wildman–Crippen LogP) is 1.21. The summed E-state index contributed by atoms with van der Waals surface area (Å²) in [7, 11) is 0. The number of ether oxygens (including phenoxy) is 1. The molecule has 10 heteroatoms. The van der Waals surface area contributed by atoms with Crippen molar-refractivity contribution in [3.63, 3.8) is 0 Å². The number of imidazole rings is 1. The summed E-state index contributed by atoms with van der Waals surface area (Å²) >= 11 is 0. The number of hydrogen-bond acceptors (Lipinski definition) is 5. The van der Waals surface area contributed by atoms with Crippen molar-refractivity contribution in [2.45, 2.75) is 26.9 Å². The Kier molecular flexibility index (Phi) is 4.89. The van der Waals surface area contributed by atoms with Gasteiger partial charge >= 0.3 is 11.7 Å². The van der Waals surface area contributed by atoms with Crippen LogP contribution in [0, 0.1) is 11.6 Å². The molecule has 0 aliphatic rings. The van der Waals surface area contributed by atoms with Gasteiger partial charge in [0.05, 0.1) is 18.6 Å². The van der Waals surface area contributed by atoms with Crippen LogP contribution in [0.1, 0.15) is 13.8 Å². The summed E-state index contributed by atoms with van der Waals surface area (Å²) in [4.78, 5) is 41.2. The molecule has 27 heavy (non-hydrogen) atoms. The normalized spacial score (nSPS) is 11.1. The fourth-order valence-corrected chi connectivity index (χ4v) is 2.80. The van der Waals surface area contributed by atoms with Crippen LogP contribution < -0.4 is 11.2 Å². The highest BCUT2D eigenvalue weighted by Crippen LogP contribution is 2.17. The Hall–Kier alpha value is -3.30. The maximum Gasteiger partial charge on any atom is 0.337 e. The van der Waals surface area contributed by atoms with Gasteiger partial charge in [-0.25, -0.2) is 23.1 Å². The van der Waals surface area contributed by atoms with Gasteiger partial charge in [0.15, 0.2) is 11.2 Å². The van der Waals surface area contributed by atoms with Crippen molar-refractivity contribution in [1.82, 2.24) is 18.7 Å². The Morgan fingerprint density at radius 1 is 1.22 bits per heavy atom. The van der Waals surface area contributed by atoms with Gasteiger partial charge in [-0.15, -0.1) is 0 Å². The van der Waals surface area contributed by atoms with E-state index in [0.29, 0.717) is 6.07 Å². The highest BCUT2D eigenvalue weighted by atomic mass is 19.1. The highest BCUT2D eigenvalue weighted by Gasteiger charge is 2.21. The Morgan fingerprint density at radius 3 is 2.59 bits per heavy atom. The first-order chi connectivity index (χ1) is 12.9. The van der Waals surface area contributed by atoms with Crippen LogP contribution in [-0.2, 0) is 22.6 Å². The first kappa shape index (κ1) is 18.5. The Balaban J connectivity index is 2.34. The van der Waals surface area contributed by atoms with E-state index in [4.69, 9.17) is 4.74 Å². The minimum Gasteiger partial charge on any atom is -0.465 e. The Morgan fingerprint density at radius 2 is 1.96 bits per heavy atom. The zero-order chi connectivity index (χ0) is 19.7. The molecule has 0 radical (unpaired) electrons. The molecule has 0 bridgehead atoms. The van der Waals surface area contributed by atoms with Crippen LogP contribution >= 0.6 is 0 Å². The maximum atomic E-state index is 14.3. The summed E-state index contributed by atoms with van der Waals surface area (Å²) in [5, 5.41) is 0. The van der Waals surface area contributed by atoms with Crippen LogP contribution in [0.2, 0.25) is 0 Å². The third kappa shape index (κ3) is 3.14. The maximum absolute atomic E-state index is 14.3. The van der Waals surface area contributed by atoms with Gasteiger partial charge < -0.3 is 9.30 Å². The number of rotatable bonds is 5. The van der Waals surface area contributed by atoms with E-state index < -0.39 is 28.9 Å². The van der Waals surface area contributed by atoms with Crippen molar-refractivity contribution >= 4 is 17.1 Å². The second kappa shape index (κ2) is 7.14. The lowest BCUT2D eigenvalue weighted by Gasteiger charge is -2.12. The lowest BCUT2D eigenvalue weighted by molar-refractivity contribution is -0.143. The number of aromatic nitrogens is 4. The SMILES string of the molecule is CCOC(=O)Cn1cnc2c1c(=O)n(CC)c(=O)n2-c1ccc(F)cc1F. The molecule has 0 amide bonds. The lowest BCUT2D eigenvalue weighted by Crippen LogP contribution is -2.40. The molecule has 0 atom stereocenters. The highest BCUT2D eigenvalue weighted by molar-refractivity contribution is 5.76. The monoisotopic (exact) mass is 378 g/mol. The van der Waals surface area contributed by atoms with Gasteiger partial charge in [-0.05, 0) is 26.0 Å². The van der Waals surface area contributed by atoms with Crippen LogP contribution in [0.5, 0.6) is 0 Å². The second-order valence-electron chi connectivity index (χ2n) is 5.61. The third-order valence-electron chi connectivity index (χ3n) is 3.97. The average molecular weight is 378 g/mol. The first-order valence-corrected chi connectivity index (χ1v) is 8.20. The quantitative estimate of drug-likeness (QED) is 0.623. The van der Waals surface area contributed by atoms with Crippen molar-refractivity contribution < 1.29 is 18.3 Å². The molecule has 3 aromatic rings. The van der Waals surface area contributed by atoms with E-state index in [0.717, 1.165) is 21.3 Å². The predicted molar refractivity (Wildman–Crippen MR) is 91.8 cm³/mol. The Labute approximate surface area is 151 Å². The van der Waals surface area contributed by atoms with Crippen LogP contribution in [0.3, 0.4) is 0 Å². The molecule has 142 valence electrons. The number of esters is 1. The number of benzene rings is 1. The second-order valence-corrected chi connectivity index (χ2v) is 5.61. The Bertz CT molecular complexity index is 1150. The number of carbonyl (C=O) groups excluding carboxylic acids is 1. The molecule has 0 aliphatic heterocycles. The minimum absolute atomic E-state index is 0.0149. The first-order valence-electron chi connectivity index (χ1n) is 8.20. The molecule has 0 N–H and O–H groups in total. The molecule has 0 unspecified atom stereocenters. The van der Waals surface area contributed by atoms with E-state index >= 15 is 0 Å². The molecule has 2 aromatic heterocycles. The number of halogens is 2. The molecule has 0 fully saturated rings. The molecule has 1 aromatic carbocycles. The number of fused-ring (bicyclic) bond motifs is 1. The van der Waals surface area contributed by atoms with Crippen molar-refractivity contribution in [3.05, 3.63) is 57.0 Å². The van der Waals surface area contributed by atoms with Crippen LogP contribution in [0.25, 0.3) is 16.9 Å². The van der Waals surface area contributed by atoms with Gasteiger partial charge in [0.1, 0.15) is 18.2 Å². The number of hydrogen-bond donors (Lipinski definition) is 0. The molecule has 0 saturated carbocycles. The standard InChI is InChI=1S/C17H16F2N4O4/c1-3-22-16(25)14-15(20-9-21(14)8-13(24)27-4-2)23(17(22)26)12-6-5-10(18)7-11(12)19/h5-7,9H,3-4,8H2,1-2H3. The summed E-state index contributed by atoms with van der Waals surface area (Å²) < 4.78 is 35.4. The van der Waals surface area contributed by atoms with Crippen LogP contribution in [0.4, 0.5) is 8.78 Å². The third-order valence-corrected chi connectivity index (χ3v) is 3.97. The van der Waals surface area contributed by atoms with E-state index in [1.54, 1.807) is 13.8 Å². The van der Waals surface area contributed by atoms with Gasteiger partial charge in [0, 0.05) is 12.6 Å². The summed E-state index contributed by atoms with van der Waals surface area (Å²) in [6, 6.07) is 2.71. The van der Waals surface area contributed by atoms with E-state index in [1.807, 2.05) is 0 Å². The van der Waals surface area contributed by atoms with Gasteiger partial charge in [-0.3, -0.25) is 14.2 Å². The van der Waals surface area contributed by atoms with Gasteiger partial charge in [0.25, 0.3) is 5.56 Å². The lowest BCUT2D eigenvalue weighted by atomic mass is 10.3. The molecule has 8 nitrogen and oxygen atoms in total. The molecular weight excluding hydrogens is 362 g/mol. The smallest absolute Gasteiger partial charge is 0.337 e. The number of carbonyl (C=O) groups is 1. The fraction of sp³-hybridized carbons (Fsp3) is 0.294. The molecule has 3 rings (SSSR count). The largest absolute Gasteiger partial charge is 0.465 e. The van der Waals surface area contributed by atoms with E-state index in [1.165, 1.54) is 10.9 Å². The summed E-state index contributed by atoms with van der Waals surface area (Å²) in [6.07, 6.45) is 1.19. The zero-order valence-electron chi connectivity index (χ0n) is 14.6. The van der Waals surface area contributed by atoms with Crippen LogP contribution in [-0.4, -0.2) is 31.3 Å². The van der Waals surface area contributed by atoms with Crippen molar-refractivity contribution in [2.24, 2.45) is 0 Å². The minimum atomic E-state index is -0.986. The van der Waals surface area contributed by atoms with Gasteiger partial charge in [-0.2, -0.15) is 0 Å². The van der Waals surface area contributed by atoms with Crippen molar-refractivity contribution in [2.75, 3.05) is 6.61 Å². The van der Waals surface area contributed by atoms with Crippen molar-refractivity contribution in [3.8, 4) is 5.69 Å². The topological polar surface area (TPSA) is 88.1 Å². The summed E-state index contributed by atoms with van der Waals surface area (Å²) in [5.41, 5.74) is -1.94. The van der Waals surface area contributed by atoms with Crippen molar-refractivity contribution in [1.29, 1.82) is 0 Å². The fourth-order valence-electron chi connectivity index (χ4n) is 2.80. The van der Waals surface area contributed by atoms with E-state index in [2.05, 4.69) is 4.98 Å². The molecule has 0 spiro atoms. The summed E-state index contributed by atoms with van der Waals surface area (Å²) in [5.74, 6) is -2.39. The molecule has 2 heterocycles. The van der Waals surface area contributed by atoms with Gasteiger partial charge in [-0.1, -0.05) is 0 Å². The average Bonchev–Trinajstić information content (AvgIpc) is 3.01. The number of nitrogens with zero attached hydrogens (tertiary/aromatic N) is 4. The van der Waals surface area contributed by atoms with E-state index in [9.17, 15) is 23.2 Å². The van der Waals surface area contributed by atoms with E-state index in [-0.39, 0.29) is 36.5 Å². The van der Waals surface area contributed by atoms with Crippen LogP contribution in [0.15, 0.2) is 34.1 Å². The zero-order valence-corrected chi connectivity index (χ0v) is 14.6.